The Balaban J connectivity index is 1.31. The monoisotopic (exact) mass is 665 g/mol. The highest BCUT2D eigenvalue weighted by Gasteiger charge is 2.33. The minimum absolute atomic E-state index is 0.0104. The maximum absolute atomic E-state index is 13.1. The van der Waals surface area contributed by atoms with Crippen LogP contribution in [0.25, 0.3) is 22.4 Å². The first-order chi connectivity index (χ1) is 22.1. The number of hydrogen-bond acceptors (Lipinski definition) is 8. The molecule has 2 aromatic carbocycles. The van der Waals surface area contributed by atoms with Crippen LogP contribution in [0.4, 0.5) is 5.69 Å². The maximum atomic E-state index is 13.1. The number of halogens is 2. The third-order valence-corrected chi connectivity index (χ3v) is 9.41. The normalized spacial score (nSPS) is 19.1. The molecule has 6 rings (SSSR count). The number of carbonyl (C=O) groups excluding carboxylic acids is 1. The number of benzene rings is 2. The molecule has 2 aromatic heterocycles. The van der Waals surface area contributed by atoms with Crippen molar-refractivity contribution >= 4 is 34.8 Å². The predicted octanol–water partition coefficient (Wildman–Crippen LogP) is 4.11. The van der Waals surface area contributed by atoms with E-state index in [-0.39, 0.29) is 28.4 Å². The van der Waals surface area contributed by atoms with E-state index in [0.29, 0.717) is 46.5 Å². The summed E-state index contributed by atoms with van der Waals surface area (Å²) >= 11 is 13.9. The molecule has 0 bridgehead atoms. The second kappa shape index (κ2) is 13.0. The summed E-state index contributed by atoms with van der Waals surface area (Å²) in [6.07, 6.45) is 3.00. The number of methoxy groups -OCH3 is 1. The highest BCUT2D eigenvalue weighted by molar-refractivity contribution is 6.39. The van der Waals surface area contributed by atoms with E-state index in [4.69, 9.17) is 37.7 Å². The first-order valence-corrected chi connectivity index (χ1v) is 15.6. The number of ether oxygens (including phenoxy) is 2. The molecule has 2 aliphatic rings. The third-order valence-electron chi connectivity index (χ3n) is 8.60. The van der Waals surface area contributed by atoms with Gasteiger partial charge in [-0.2, -0.15) is 0 Å². The number of nitrogens with zero attached hydrogens (tertiary/aromatic N) is 3. The van der Waals surface area contributed by atoms with Crippen molar-refractivity contribution in [2.45, 2.75) is 37.5 Å². The summed E-state index contributed by atoms with van der Waals surface area (Å²) in [5.41, 5.74) is 3.38. The predicted molar refractivity (Wildman–Crippen MR) is 176 cm³/mol. The number of aliphatic hydroxyl groups is 1. The average molecular weight is 667 g/mol. The van der Waals surface area contributed by atoms with Crippen LogP contribution in [-0.2, 0) is 25.3 Å². The summed E-state index contributed by atoms with van der Waals surface area (Å²) < 4.78 is 13.2. The van der Waals surface area contributed by atoms with E-state index >= 15 is 0 Å². The van der Waals surface area contributed by atoms with Gasteiger partial charge in [-0.1, -0.05) is 53.5 Å². The van der Waals surface area contributed by atoms with Gasteiger partial charge in [-0.3, -0.25) is 14.2 Å². The summed E-state index contributed by atoms with van der Waals surface area (Å²) in [6.45, 7) is 0.917. The van der Waals surface area contributed by atoms with Gasteiger partial charge in [0.15, 0.2) is 0 Å². The molecule has 1 fully saturated rings. The molecular weight excluding hydrogens is 633 g/mol. The molecule has 3 N–H and O–H groups in total. The number of hydrogen-bond donors (Lipinski definition) is 3. The summed E-state index contributed by atoms with van der Waals surface area (Å²) in [5, 5.41) is 17.3. The van der Waals surface area contributed by atoms with E-state index in [2.05, 4.69) is 10.6 Å². The number of aryl methyl sites for hydroxylation is 2. The number of aromatic nitrogens is 3. The number of nitrogens with one attached hydrogen (secondary N) is 2. The van der Waals surface area contributed by atoms with Crippen LogP contribution in [0.1, 0.15) is 40.4 Å². The molecule has 11 nitrogen and oxygen atoms in total. The fraction of sp³-hybridized carbons (Fsp3) is 0.333. The van der Waals surface area contributed by atoms with Crippen LogP contribution in [0.3, 0.4) is 0 Å². The number of pyridine rings is 1. The zero-order valence-electron chi connectivity index (χ0n) is 25.5. The molecule has 46 heavy (non-hydrogen) atoms. The Labute approximate surface area is 274 Å². The smallest absolute Gasteiger partial charge is 0.330 e. The largest absolute Gasteiger partial charge is 0.481 e. The fourth-order valence-corrected chi connectivity index (χ4v) is 6.77. The number of aliphatic hydroxyl groups excluding tert-OH is 1. The quantitative estimate of drug-likeness (QED) is 0.268. The van der Waals surface area contributed by atoms with Gasteiger partial charge >= 0.3 is 5.69 Å². The lowest BCUT2D eigenvalue weighted by Gasteiger charge is -2.31. The zero-order chi connectivity index (χ0) is 32.7. The molecule has 13 heteroatoms. The second-order valence-electron chi connectivity index (χ2n) is 11.5. The van der Waals surface area contributed by atoms with E-state index in [1.165, 1.54) is 20.3 Å². The summed E-state index contributed by atoms with van der Waals surface area (Å²) in [7, 11) is 4.36. The van der Waals surface area contributed by atoms with Gasteiger partial charge < -0.3 is 29.8 Å². The van der Waals surface area contributed by atoms with E-state index in [9.17, 15) is 19.5 Å². The fourth-order valence-electron chi connectivity index (χ4n) is 6.17. The van der Waals surface area contributed by atoms with Crippen molar-refractivity contribution in [3.05, 3.63) is 96.2 Å². The number of anilines is 1. The van der Waals surface area contributed by atoms with E-state index in [1.807, 2.05) is 24.3 Å². The van der Waals surface area contributed by atoms with Crippen molar-refractivity contribution in [1.82, 2.24) is 19.4 Å². The summed E-state index contributed by atoms with van der Waals surface area (Å²) in [6, 6.07) is 12.6. The maximum Gasteiger partial charge on any atom is 0.330 e. The van der Waals surface area contributed by atoms with Gasteiger partial charge in [-0.25, -0.2) is 9.78 Å². The Bertz CT molecular complexity index is 1960. The Morgan fingerprint density at radius 1 is 1.07 bits per heavy atom. The summed E-state index contributed by atoms with van der Waals surface area (Å²) in [5.74, 6) is -0.207. The van der Waals surface area contributed by atoms with Crippen molar-refractivity contribution in [1.29, 1.82) is 0 Å². The molecule has 0 saturated carbocycles. The van der Waals surface area contributed by atoms with Gasteiger partial charge in [-0.15, -0.1) is 0 Å². The lowest BCUT2D eigenvalue weighted by atomic mass is 9.99. The standard InChI is InChI=1S/C33H33Cl2N5O6/c1-39-15-21(32(43)40(2)33(39)44)30(42)37-24-9-5-7-19(29(24)35)18-6-4-8-20(28(18)34)25-14-17-10-11-23(27(17)31(38-25)45-3)36-22-12-13-46-16-26(22)41/h4-9,14-15,22-23,26,36,41H,10-13,16H2,1-3H3,(H,37,42)/t22-,23-,26-/m0/s1. The molecular formula is C33H33Cl2N5O6. The van der Waals surface area contributed by atoms with Crippen LogP contribution in [0, 0.1) is 0 Å². The SMILES string of the molecule is COc1nc(-c2cccc(-c3cccc(NC(=O)c4cn(C)c(=O)n(C)c4=O)c3Cl)c2Cl)cc2c1[C@@H](N[C@H]1CCOC[C@@H]1O)CC2. The Hall–Kier alpha value is -4.00. The highest BCUT2D eigenvalue weighted by Crippen LogP contribution is 2.44. The molecule has 4 aromatic rings. The molecule has 3 heterocycles. The Morgan fingerprint density at radius 3 is 2.52 bits per heavy atom. The van der Waals surface area contributed by atoms with Crippen LogP contribution in [-0.4, -0.2) is 57.6 Å². The molecule has 240 valence electrons. The van der Waals surface area contributed by atoms with Crippen molar-refractivity contribution in [3.63, 3.8) is 0 Å². The zero-order valence-corrected chi connectivity index (χ0v) is 27.0. The molecule has 1 aliphatic carbocycles. The minimum Gasteiger partial charge on any atom is -0.481 e. The molecule has 0 radical (unpaired) electrons. The number of carbonyl (C=O) groups is 1. The lowest BCUT2D eigenvalue weighted by Crippen LogP contribution is -2.47. The Kier molecular flexibility index (Phi) is 9.04. The first kappa shape index (κ1) is 32.0. The van der Waals surface area contributed by atoms with Crippen molar-refractivity contribution in [2.75, 3.05) is 25.6 Å². The van der Waals surface area contributed by atoms with Gasteiger partial charge in [0.05, 0.1) is 41.2 Å². The van der Waals surface area contributed by atoms with E-state index in [1.54, 1.807) is 25.3 Å². The van der Waals surface area contributed by atoms with Crippen molar-refractivity contribution in [2.24, 2.45) is 14.1 Å². The van der Waals surface area contributed by atoms with Crippen LogP contribution in [0.2, 0.25) is 10.0 Å². The first-order valence-electron chi connectivity index (χ1n) is 14.8. The van der Waals surface area contributed by atoms with Gasteiger partial charge in [-0.05, 0) is 37.0 Å². The lowest BCUT2D eigenvalue weighted by molar-refractivity contribution is -0.0304. The van der Waals surface area contributed by atoms with Crippen molar-refractivity contribution < 1.29 is 19.4 Å². The van der Waals surface area contributed by atoms with E-state index < -0.39 is 23.3 Å². The number of amides is 1. The molecule has 1 saturated heterocycles. The Morgan fingerprint density at radius 2 is 1.78 bits per heavy atom. The number of fused-ring (bicyclic) bond motifs is 1. The van der Waals surface area contributed by atoms with Gasteiger partial charge in [0.1, 0.15) is 5.56 Å². The van der Waals surface area contributed by atoms with Gasteiger partial charge in [0, 0.05) is 61.2 Å². The van der Waals surface area contributed by atoms with Crippen LogP contribution < -0.4 is 26.6 Å². The number of rotatable bonds is 7. The molecule has 3 atom stereocenters. The average Bonchev–Trinajstić information content (AvgIpc) is 3.46. The van der Waals surface area contributed by atoms with Crippen LogP contribution in [0.15, 0.2) is 58.3 Å². The molecule has 1 aliphatic heterocycles. The van der Waals surface area contributed by atoms with Gasteiger partial charge in [0.25, 0.3) is 11.5 Å². The van der Waals surface area contributed by atoms with Gasteiger partial charge in [0.2, 0.25) is 5.88 Å². The highest BCUT2D eigenvalue weighted by atomic mass is 35.5. The molecule has 1 amide bonds. The second-order valence-corrected chi connectivity index (χ2v) is 12.2. The molecule has 0 unspecified atom stereocenters. The topological polar surface area (TPSA) is 137 Å². The molecule has 0 spiro atoms. The van der Waals surface area contributed by atoms with E-state index in [0.717, 1.165) is 39.5 Å². The minimum atomic E-state index is -0.718. The van der Waals surface area contributed by atoms with Crippen LogP contribution >= 0.6 is 23.2 Å². The summed E-state index contributed by atoms with van der Waals surface area (Å²) in [4.78, 5) is 42.6. The van der Waals surface area contributed by atoms with Crippen molar-refractivity contribution in [3.8, 4) is 28.3 Å². The third kappa shape index (κ3) is 5.85. The van der Waals surface area contributed by atoms with Crippen LogP contribution in [0.5, 0.6) is 5.88 Å².